The predicted molar refractivity (Wildman–Crippen MR) is 75.9 cm³/mol. The van der Waals surface area contributed by atoms with Crippen LogP contribution in [0.5, 0.6) is 0 Å². The van der Waals surface area contributed by atoms with E-state index in [9.17, 15) is 5.11 Å². The fourth-order valence-electron chi connectivity index (χ4n) is 2.65. The molecule has 0 aromatic heterocycles. The van der Waals surface area contributed by atoms with E-state index in [0.717, 1.165) is 24.5 Å². The zero-order chi connectivity index (χ0) is 13.0. The van der Waals surface area contributed by atoms with Gasteiger partial charge in [0.15, 0.2) is 0 Å². The molecular weight excluding hydrogens is 246 g/mol. The summed E-state index contributed by atoms with van der Waals surface area (Å²) >= 11 is 6.29. The molecule has 1 heterocycles. The second kappa shape index (κ2) is 6.55. The van der Waals surface area contributed by atoms with E-state index in [1.54, 1.807) is 0 Å². The van der Waals surface area contributed by atoms with Crippen LogP contribution in [0.3, 0.4) is 0 Å². The summed E-state index contributed by atoms with van der Waals surface area (Å²) < 4.78 is 0. The van der Waals surface area contributed by atoms with Crippen molar-refractivity contribution >= 4 is 11.6 Å². The molecule has 1 aliphatic heterocycles. The first-order valence-electron chi connectivity index (χ1n) is 6.80. The van der Waals surface area contributed by atoms with Crippen LogP contribution < -0.4 is 0 Å². The molecule has 1 saturated heterocycles. The lowest BCUT2D eigenvalue weighted by Gasteiger charge is -2.28. The van der Waals surface area contributed by atoms with Crippen molar-refractivity contribution in [3.8, 4) is 0 Å². The first-order chi connectivity index (χ1) is 8.70. The van der Waals surface area contributed by atoms with Gasteiger partial charge in [-0.25, -0.2) is 0 Å². The number of hydrogen-bond donors (Lipinski definition) is 1. The largest absolute Gasteiger partial charge is 0.395 e. The van der Waals surface area contributed by atoms with Crippen LogP contribution in [-0.4, -0.2) is 29.2 Å². The van der Waals surface area contributed by atoms with Crippen molar-refractivity contribution in [1.29, 1.82) is 0 Å². The van der Waals surface area contributed by atoms with Crippen molar-refractivity contribution in [2.24, 2.45) is 0 Å². The van der Waals surface area contributed by atoms with Crippen LogP contribution >= 0.6 is 11.6 Å². The summed E-state index contributed by atoms with van der Waals surface area (Å²) in [6.07, 6.45) is 4.82. The van der Waals surface area contributed by atoms with Crippen LogP contribution in [0.4, 0.5) is 0 Å². The highest BCUT2D eigenvalue weighted by Crippen LogP contribution is 2.23. The summed E-state index contributed by atoms with van der Waals surface area (Å²) in [5, 5.41) is 10.3. The van der Waals surface area contributed by atoms with Gasteiger partial charge < -0.3 is 5.11 Å². The molecule has 100 valence electrons. The van der Waals surface area contributed by atoms with E-state index >= 15 is 0 Å². The molecule has 1 fully saturated rings. The van der Waals surface area contributed by atoms with Crippen molar-refractivity contribution in [2.75, 3.05) is 13.2 Å². The van der Waals surface area contributed by atoms with Gasteiger partial charge >= 0.3 is 0 Å². The number of aryl methyl sites for hydroxylation is 1. The molecule has 18 heavy (non-hydrogen) atoms. The third kappa shape index (κ3) is 3.47. The fourth-order valence-corrected chi connectivity index (χ4v) is 2.95. The smallest absolute Gasteiger partial charge is 0.0586 e. The van der Waals surface area contributed by atoms with Gasteiger partial charge in [0.05, 0.1) is 6.61 Å². The summed E-state index contributed by atoms with van der Waals surface area (Å²) in [5.41, 5.74) is 2.36. The number of halogens is 1. The second-order valence-electron chi connectivity index (χ2n) is 5.25. The fraction of sp³-hybridized carbons (Fsp3) is 0.600. The number of hydrogen-bond acceptors (Lipinski definition) is 2. The molecule has 1 aromatic rings. The Hall–Kier alpha value is -0.570. The second-order valence-corrected chi connectivity index (χ2v) is 5.66. The van der Waals surface area contributed by atoms with Gasteiger partial charge in [0.2, 0.25) is 0 Å². The molecule has 0 bridgehead atoms. The van der Waals surface area contributed by atoms with Gasteiger partial charge in [0.1, 0.15) is 0 Å². The third-order valence-corrected chi connectivity index (χ3v) is 4.14. The topological polar surface area (TPSA) is 23.5 Å². The molecule has 3 heteroatoms. The van der Waals surface area contributed by atoms with E-state index in [2.05, 4.69) is 24.0 Å². The van der Waals surface area contributed by atoms with Crippen LogP contribution in [0.25, 0.3) is 0 Å². The van der Waals surface area contributed by atoms with Crippen LogP contribution in [-0.2, 0) is 6.54 Å². The molecule has 0 amide bonds. The molecule has 0 radical (unpaired) electrons. The van der Waals surface area contributed by atoms with E-state index in [0.29, 0.717) is 6.04 Å². The molecule has 1 aliphatic rings. The summed E-state index contributed by atoms with van der Waals surface area (Å²) in [7, 11) is 0. The highest BCUT2D eigenvalue weighted by molar-refractivity contribution is 6.31. The van der Waals surface area contributed by atoms with Gasteiger partial charge in [0.25, 0.3) is 0 Å². The monoisotopic (exact) mass is 267 g/mol. The number of nitrogens with zero attached hydrogens (tertiary/aromatic N) is 1. The van der Waals surface area contributed by atoms with Crippen LogP contribution in [0.15, 0.2) is 18.2 Å². The minimum Gasteiger partial charge on any atom is -0.395 e. The predicted octanol–water partition coefficient (Wildman–Crippen LogP) is 3.39. The maximum atomic E-state index is 9.50. The summed E-state index contributed by atoms with van der Waals surface area (Å²) in [4.78, 5) is 2.38. The highest BCUT2D eigenvalue weighted by Gasteiger charge is 2.20. The first-order valence-corrected chi connectivity index (χ1v) is 7.18. The Morgan fingerprint density at radius 1 is 1.33 bits per heavy atom. The molecule has 1 atom stereocenters. The quantitative estimate of drug-likeness (QED) is 0.908. The van der Waals surface area contributed by atoms with Crippen molar-refractivity contribution in [3.63, 3.8) is 0 Å². The molecular formula is C15H22ClNO. The third-order valence-electron chi connectivity index (χ3n) is 3.79. The van der Waals surface area contributed by atoms with E-state index < -0.39 is 0 Å². The van der Waals surface area contributed by atoms with Gasteiger partial charge in [-0.1, -0.05) is 36.6 Å². The van der Waals surface area contributed by atoms with Gasteiger partial charge in [0, 0.05) is 17.6 Å². The standard InChI is InChI=1S/C15H22ClNO/c1-12-6-7-13(15(16)9-12)10-17-8-4-2-3-5-14(17)11-18/h6-7,9,14,18H,2-5,8,10-11H2,1H3. The Labute approximate surface area is 115 Å². The van der Waals surface area contributed by atoms with Gasteiger partial charge in [-0.3, -0.25) is 4.90 Å². The molecule has 0 aliphatic carbocycles. The molecule has 2 nitrogen and oxygen atoms in total. The molecule has 2 rings (SSSR count). The Balaban J connectivity index is 2.10. The zero-order valence-corrected chi connectivity index (χ0v) is 11.8. The average Bonchev–Trinajstić information content (AvgIpc) is 2.57. The normalized spacial score (nSPS) is 21.8. The number of aliphatic hydroxyl groups excluding tert-OH is 1. The Kier molecular flexibility index (Phi) is 5.04. The first kappa shape index (κ1) is 13.9. The van der Waals surface area contributed by atoms with Crippen molar-refractivity contribution < 1.29 is 5.11 Å². The lowest BCUT2D eigenvalue weighted by molar-refractivity contribution is 0.118. The van der Waals surface area contributed by atoms with Crippen molar-refractivity contribution in [3.05, 3.63) is 34.3 Å². The molecule has 1 aromatic carbocycles. The number of likely N-dealkylation sites (tertiary alicyclic amines) is 1. The van der Waals surface area contributed by atoms with E-state index in [1.165, 1.54) is 30.4 Å². The molecule has 0 saturated carbocycles. The Morgan fingerprint density at radius 2 is 2.17 bits per heavy atom. The van der Waals surface area contributed by atoms with Gasteiger partial charge in [-0.2, -0.15) is 0 Å². The van der Waals surface area contributed by atoms with Crippen molar-refractivity contribution in [2.45, 2.75) is 45.2 Å². The van der Waals surface area contributed by atoms with Crippen molar-refractivity contribution in [1.82, 2.24) is 4.90 Å². The zero-order valence-electron chi connectivity index (χ0n) is 11.0. The Morgan fingerprint density at radius 3 is 2.89 bits per heavy atom. The van der Waals surface area contributed by atoms with Crippen LogP contribution in [0.2, 0.25) is 5.02 Å². The van der Waals surface area contributed by atoms with E-state index in [-0.39, 0.29) is 6.61 Å². The number of benzene rings is 1. The summed E-state index contributed by atoms with van der Waals surface area (Å²) in [6.45, 7) is 4.22. The minimum absolute atomic E-state index is 0.253. The average molecular weight is 268 g/mol. The lowest BCUT2D eigenvalue weighted by Crippen LogP contribution is -2.36. The Bertz CT molecular complexity index is 394. The number of rotatable bonds is 3. The maximum Gasteiger partial charge on any atom is 0.0586 e. The molecule has 1 unspecified atom stereocenters. The van der Waals surface area contributed by atoms with Gasteiger partial charge in [-0.15, -0.1) is 0 Å². The summed E-state index contributed by atoms with van der Waals surface area (Å²) in [6, 6.07) is 6.52. The minimum atomic E-state index is 0.253. The molecule has 0 spiro atoms. The highest BCUT2D eigenvalue weighted by atomic mass is 35.5. The lowest BCUT2D eigenvalue weighted by atomic mass is 10.1. The number of aliphatic hydroxyl groups is 1. The SMILES string of the molecule is Cc1ccc(CN2CCCCCC2CO)c(Cl)c1. The van der Waals surface area contributed by atoms with E-state index in [4.69, 9.17) is 11.6 Å². The maximum absolute atomic E-state index is 9.50. The van der Waals surface area contributed by atoms with Crippen LogP contribution in [0, 0.1) is 6.92 Å². The van der Waals surface area contributed by atoms with Crippen LogP contribution in [0.1, 0.15) is 36.8 Å². The molecule has 1 N–H and O–H groups in total. The van der Waals surface area contributed by atoms with E-state index in [1.807, 2.05) is 6.07 Å². The summed E-state index contributed by atoms with van der Waals surface area (Å²) in [5.74, 6) is 0. The van der Waals surface area contributed by atoms with Gasteiger partial charge in [-0.05, 0) is 43.5 Å².